The minimum atomic E-state index is -3.69. The molecule has 5 rings (SSSR count). The number of benzene rings is 1. The summed E-state index contributed by atoms with van der Waals surface area (Å²) in [6, 6.07) is 5.49. The van der Waals surface area contributed by atoms with E-state index in [9.17, 15) is 18.0 Å². The molecule has 0 N–H and O–H groups in total. The number of aromatic nitrogens is 1. The molecule has 1 aliphatic heterocycles. The molecule has 2 aromatic heterocycles. The number of rotatable bonds is 7. The van der Waals surface area contributed by atoms with Crippen LogP contribution in [0.2, 0.25) is 18.1 Å². The summed E-state index contributed by atoms with van der Waals surface area (Å²) in [7, 11) is -2.78. The predicted octanol–water partition coefficient (Wildman–Crippen LogP) is 5.95. The molecule has 1 fully saturated rings. The smallest absolute Gasteiger partial charge is 0.343 e. The molecule has 222 valence electrons. The lowest BCUT2D eigenvalue weighted by molar-refractivity contribution is 0.0524. The second-order valence-electron chi connectivity index (χ2n) is 12.3. The minimum Gasteiger partial charge on any atom is -0.494 e. The molecule has 0 spiro atoms. The van der Waals surface area contributed by atoms with E-state index in [0.29, 0.717) is 32.7 Å². The second kappa shape index (κ2) is 10.3. The molecule has 1 atom stereocenters. The van der Waals surface area contributed by atoms with Crippen molar-refractivity contribution in [2.75, 3.05) is 27.3 Å². The SMILES string of the molecule is CCOC(=O)c1cn(C2CC2)c2c(OC)c(-c3cc4c(s3)S(=O)(=O)N(C)CC4O[Si](C)(C)C(C)(C)C)ccc2c1=O. The first-order valence-electron chi connectivity index (χ1n) is 13.8. The van der Waals surface area contributed by atoms with Gasteiger partial charge in [0.05, 0.1) is 30.7 Å². The maximum absolute atomic E-state index is 13.4. The molecule has 1 aromatic carbocycles. The van der Waals surface area contributed by atoms with Crippen molar-refractivity contribution in [3.8, 4) is 16.2 Å². The Kier molecular flexibility index (Phi) is 7.55. The zero-order valence-electron chi connectivity index (χ0n) is 24.9. The Morgan fingerprint density at radius 1 is 1.20 bits per heavy atom. The summed E-state index contributed by atoms with van der Waals surface area (Å²) in [6.07, 6.45) is 3.01. The standard InChI is InChI=1S/C29H38N2O7S2Si/c1-9-37-27(33)21-15-31(17-10-11-17)24-19(25(21)32)13-12-18(26(24)36-6)23-14-20-22(38-41(7,8)29(2,3)4)16-30(5)40(34,35)28(20)39-23/h12-15,17,22H,9-11,16H2,1-8H3. The van der Waals surface area contributed by atoms with Gasteiger partial charge in [-0.1, -0.05) is 20.8 Å². The number of likely N-dealkylation sites (N-methyl/N-ethyl adjacent to an activating group) is 1. The third-order valence-corrected chi connectivity index (χ3v) is 16.5. The summed E-state index contributed by atoms with van der Waals surface area (Å²) in [5.74, 6) is -0.182. The van der Waals surface area contributed by atoms with Gasteiger partial charge in [-0.15, -0.1) is 11.3 Å². The number of methoxy groups -OCH3 is 1. The first-order valence-corrected chi connectivity index (χ1v) is 19.0. The van der Waals surface area contributed by atoms with E-state index in [1.165, 1.54) is 15.6 Å². The highest BCUT2D eigenvalue weighted by Gasteiger charge is 2.44. The summed E-state index contributed by atoms with van der Waals surface area (Å²) in [4.78, 5) is 26.7. The van der Waals surface area contributed by atoms with Crippen LogP contribution in [0.15, 0.2) is 33.4 Å². The number of hydrogen-bond donors (Lipinski definition) is 0. The lowest BCUT2D eigenvalue weighted by Gasteiger charge is -2.41. The molecule has 1 saturated carbocycles. The fourth-order valence-corrected chi connectivity index (χ4v) is 9.37. The quantitative estimate of drug-likeness (QED) is 0.238. The number of pyridine rings is 1. The molecule has 3 heterocycles. The Labute approximate surface area is 246 Å². The van der Waals surface area contributed by atoms with Gasteiger partial charge < -0.3 is 18.5 Å². The van der Waals surface area contributed by atoms with Crippen LogP contribution in [0.5, 0.6) is 5.75 Å². The summed E-state index contributed by atoms with van der Waals surface area (Å²) >= 11 is 1.19. The molecule has 12 heteroatoms. The Morgan fingerprint density at radius 2 is 1.88 bits per heavy atom. The van der Waals surface area contributed by atoms with Gasteiger partial charge in [0.15, 0.2) is 14.1 Å². The van der Waals surface area contributed by atoms with Gasteiger partial charge in [0.1, 0.15) is 9.77 Å². The fourth-order valence-electron chi connectivity index (χ4n) is 4.97. The van der Waals surface area contributed by atoms with Crippen molar-refractivity contribution in [2.45, 2.75) is 75.0 Å². The van der Waals surface area contributed by atoms with E-state index in [1.807, 2.05) is 10.6 Å². The van der Waals surface area contributed by atoms with Crippen molar-refractivity contribution >= 4 is 46.5 Å². The molecule has 1 aliphatic carbocycles. The number of nitrogens with zero attached hydrogens (tertiary/aromatic N) is 2. The van der Waals surface area contributed by atoms with Crippen LogP contribution in [0.25, 0.3) is 21.3 Å². The fraction of sp³-hybridized carbons (Fsp3) is 0.517. The van der Waals surface area contributed by atoms with Gasteiger partial charge in [0.25, 0.3) is 10.0 Å². The summed E-state index contributed by atoms with van der Waals surface area (Å²) in [5.41, 5.74) is 1.50. The summed E-state index contributed by atoms with van der Waals surface area (Å²) in [6.45, 7) is 12.9. The minimum absolute atomic E-state index is 0.00704. The number of esters is 1. The van der Waals surface area contributed by atoms with Crippen molar-refractivity contribution in [3.63, 3.8) is 0 Å². The maximum Gasteiger partial charge on any atom is 0.343 e. The first kappa shape index (κ1) is 30.0. The molecule has 0 saturated heterocycles. The largest absolute Gasteiger partial charge is 0.494 e. The lowest BCUT2D eigenvalue weighted by Crippen LogP contribution is -2.46. The number of carbonyl (C=O) groups is 1. The molecule has 1 unspecified atom stereocenters. The van der Waals surface area contributed by atoms with Gasteiger partial charge in [0.2, 0.25) is 5.43 Å². The van der Waals surface area contributed by atoms with E-state index in [2.05, 4.69) is 33.9 Å². The Bertz CT molecular complexity index is 1700. The number of fused-ring (bicyclic) bond motifs is 2. The van der Waals surface area contributed by atoms with E-state index in [4.69, 9.17) is 13.9 Å². The van der Waals surface area contributed by atoms with Gasteiger partial charge in [-0.2, -0.15) is 4.31 Å². The van der Waals surface area contributed by atoms with Crippen molar-refractivity contribution in [1.82, 2.24) is 8.87 Å². The zero-order chi connectivity index (χ0) is 30.1. The third-order valence-electron chi connectivity index (χ3n) is 8.43. The number of ether oxygens (including phenoxy) is 2. The Hall–Kier alpha value is -2.51. The molecule has 0 radical (unpaired) electrons. The van der Waals surface area contributed by atoms with E-state index >= 15 is 0 Å². The molecule has 9 nitrogen and oxygen atoms in total. The van der Waals surface area contributed by atoms with Crippen LogP contribution in [0.3, 0.4) is 0 Å². The first-order chi connectivity index (χ1) is 19.1. The average Bonchev–Trinajstić information content (AvgIpc) is 3.63. The van der Waals surface area contributed by atoms with Crippen LogP contribution in [0.4, 0.5) is 0 Å². The normalized spacial score (nSPS) is 19.3. The highest BCUT2D eigenvalue weighted by molar-refractivity contribution is 7.91. The topological polar surface area (TPSA) is 104 Å². The maximum atomic E-state index is 13.4. The molecule has 3 aromatic rings. The molecule has 2 aliphatic rings. The van der Waals surface area contributed by atoms with E-state index in [-0.39, 0.29) is 34.0 Å². The molecule has 41 heavy (non-hydrogen) atoms. The van der Waals surface area contributed by atoms with Gasteiger partial charge in [-0.25, -0.2) is 13.2 Å². The molecule has 0 amide bonds. The van der Waals surface area contributed by atoms with Gasteiger partial charge in [-0.3, -0.25) is 4.79 Å². The van der Waals surface area contributed by atoms with Crippen LogP contribution in [-0.4, -0.2) is 58.9 Å². The Morgan fingerprint density at radius 3 is 2.46 bits per heavy atom. The van der Waals surface area contributed by atoms with Crippen LogP contribution in [0, 0.1) is 0 Å². The van der Waals surface area contributed by atoms with Crippen LogP contribution in [0.1, 0.15) is 68.6 Å². The molecule has 0 bridgehead atoms. The van der Waals surface area contributed by atoms with Crippen LogP contribution in [-0.2, 0) is 19.2 Å². The molecular weight excluding hydrogens is 581 g/mol. The van der Waals surface area contributed by atoms with Crippen molar-refractivity contribution in [1.29, 1.82) is 0 Å². The highest BCUT2D eigenvalue weighted by Crippen LogP contribution is 2.49. The lowest BCUT2D eigenvalue weighted by atomic mass is 10.0. The van der Waals surface area contributed by atoms with E-state index in [0.717, 1.165) is 12.8 Å². The highest BCUT2D eigenvalue weighted by atomic mass is 32.2. The van der Waals surface area contributed by atoms with Gasteiger partial charge in [0, 0.05) is 41.8 Å². The van der Waals surface area contributed by atoms with Gasteiger partial charge >= 0.3 is 5.97 Å². The number of thiophene rings is 1. The summed E-state index contributed by atoms with van der Waals surface area (Å²) in [5, 5.41) is 0.313. The van der Waals surface area contributed by atoms with Crippen LogP contribution < -0.4 is 10.2 Å². The number of sulfonamides is 1. The number of hydrogen-bond acceptors (Lipinski definition) is 8. The van der Waals surface area contributed by atoms with E-state index < -0.39 is 35.8 Å². The second-order valence-corrected chi connectivity index (χ2v) is 20.3. The Balaban J connectivity index is 1.70. The van der Waals surface area contributed by atoms with Gasteiger partial charge in [-0.05, 0) is 56.1 Å². The monoisotopic (exact) mass is 618 g/mol. The molecular formula is C29H38N2O7S2Si. The summed E-state index contributed by atoms with van der Waals surface area (Å²) < 4.78 is 48.3. The predicted molar refractivity (Wildman–Crippen MR) is 163 cm³/mol. The third kappa shape index (κ3) is 5.07. The van der Waals surface area contributed by atoms with Crippen molar-refractivity contribution < 1.29 is 27.1 Å². The van der Waals surface area contributed by atoms with Crippen molar-refractivity contribution in [2.24, 2.45) is 0 Å². The zero-order valence-corrected chi connectivity index (χ0v) is 27.5. The van der Waals surface area contributed by atoms with Crippen LogP contribution >= 0.6 is 11.3 Å². The number of carbonyl (C=O) groups excluding carboxylic acids is 1. The van der Waals surface area contributed by atoms with E-state index in [1.54, 1.807) is 39.4 Å². The average molecular weight is 619 g/mol. The van der Waals surface area contributed by atoms with Crippen molar-refractivity contribution in [3.05, 3.63) is 45.7 Å².